The number of carbonyl (C=O) groups excluding carboxylic acids is 3. The van der Waals surface area contributed by atoms with E-state index in [-0.39, 0.29) is 34.5 Å². The van der Waals surface area contributed by atoms with E-state index in [1.165, 1.54) is 35.2 Å². The number of carbonyl (C=O) groups is 3. The standard InChI is InChI=1S/C28H25Cl2N5O5/c29-19-5-8-21(22(30)15-19)25-16-26(36)32-23-14-18(27(37)33-12-1-10-31-11-13-33)4-9-24(23)34(25)28(38)17-2-6-20(7-3-17)35(39)40/h2-9,14-15,25,31H,1,10-13,16H2,(H,32,36). The number of anilines is 2. The van der Waals surface area contributed by atoms with Gasteiger partial charge in [-0.25, -0.2) is 0 Å². The van der Waals surface area contributed by atoms with E-state index in [0.29, 0.717) is 47.2 Å². The van der Waals surface area contributed by atoms with Crippen LogP contribution >= 0.6 is 23.2 Å². The fraction of sp³-hybridized carbons (Fsp3) is 0.250. The van der Waals surface area contributed by atoms with E-state index >= 15 is 0 Å². The average Bonchev–Trinajstić information content (AvgIpc) is 3.29. The Kier molecular flexibility index (Phi) is 8.02. The number of amides is 3. The molecule has 12 heteroatoms. The molecule has 0 saturated carbocycles. The molecule has 2 aliphatic rings. The molecule has 3 aromatic carbocycles. The predicted octanol–water partition coefficient (Wildman–Crippen LogP) is 5.07. The molecule has 3 aromatic rings. The Morgan fingerprint density at radius 2 is 1.68 bits per heavy atom. The molecule has 2 aliphatic heterocycles. The minimum Gasteiger partial charge on any atom is -0.337 e. The molecule has 1 saturated heterocycles. The molecule has 1 atom stereocenters. The van der Waals surface area contributed by atoms with Crippen LogP contribution in [0.5, 0.6) is 0 Å². The number of fused-ring (bicyclic) bond motifs is 1. The van der Waals surface area contributed by atoms with Crippen molar-refractivity contribution < 1.29 is 19.3 Å². The van der Waals surface area contributed by atoms with Gasteiger partial charge in [0.05, 0.1) is 28.8 Å². The molecule has 0 radical (unpaired) electrons. The second-order valence-electron chi connectivity index (χ2n) is 9.54. The molecule has 0 aliphatic carbocycles. The average molecular weight is 582 g/mol. The number of nitrogens with zero attached hydrogens (tertiary/aromatic N) is 3. The van der Waals surface area contributed by atoms with Crippen LogP contribution in [-0.4, -0.2) is 53.7 Å². The van der Waals surface area contributed by atoms with E-state index in [2.05, 4.69) is 10.6 Å². The van der Waals surface area contributed by atoms with E-state index in [0.717, 1.165) is 13.0 Å². The SMILES string of the molecule is O=C1CC(c2ccc(Cl)cc2Cl)N(C(=O)c2ccc([N+](=O)[O-])cc2)c2ccc(C(=O)N3CCCNCC3)cc2N1. The van der Waals surface area contributed by atoms with E-state index in [4.69, 9.17) is 23.2 Å². The molecule has 1 unspecified atom stereocenters. The largest absolute Gasteiger partial charge is 0.337 e. The third-order valence-electron chi connectivity index (χ3n) is 6.96. The summed E-state index contributed by atoms with van der Waals surface area (Å²) in [7, 11) is 0. The normalized spacial score (nSPS) is 17.4. The lowest BCUT2D eigenvalue weighted by atomic mass is 9.99. The fourth-order valence-electron chi connectivity index (χ4n) is 4.98. The Morgan fingerprint density at radius 3 is 2.40 bits per heavy atom. The lowest BCUT2D eigenvalue weighted by molar-refractivity contribution is -0.384. The van der Waals surface area contributed by atoms with Gasteiger partial charge in [0.25, 0.3) is 17.5 Å². The quantitative estimate of drug-likeness (QED) is 0.327. The molecular weight excluding hydrogens is 557 g/mol. The van der Waals surface area contributed by atoms with Crippen molar-refractivity contribution >= 4 is 58.0 Å². The van der Waals surface area contributed by atoms with Gasteiger partial charge in [0.2, 0.25) is 5.91 Å². The first kappa shape index (κ1) is 27.6. The second-order valence-corrected chi connectivity index (χ2v) is 10.4. The highest BCUT2D eigenvalue weighted by Crippen LogP contribution is 2.42. The van der Waals surface area contributed by atoms with Crippen LogP contribution in [0.2, 0.25) is 10.0 Å². The van der Waals surface area contributed by atoms with E-state index in [1.807, 2.05) is 0 Å². The van der Waals surface area contributed by atoms with Crippen LogP contribution in [0, 0.1) is 10.1 Å². The van der Waals surface area contributed by atoms with Gasteiger partial charge in [-0.05, 0) is 61.0 Å². The minimum absolute atomic E-state index is 0.129. The number of hydrogen-bond acceptors (Lipinski definition) is 6. The summed E-state index contributed by atoms with van der Waals surface area (Å²) in [6.45, 7) is 2.69. The number of rotatable bonds is 4. The summed E-state index contributed by atoms with van der Waals surface area (Å²) >= 11 is 12.7. The zero-order chi connectivity index (χ0) is 28.4. The predicted molar refractivity (Wildman–Crippen MR) is 152 cm³/mol. The zero-order valence-electron chi connectivity index (χ0n) is 21.2. The Balaban J connectivity index is 1.60. The third-order valence-corrected chi connectivity index (χ3v) is 7.52. The summed E-state index contributed by atoms with van der Waals surface area (Å²) in [5.74, 6) is -1.04. The van der Waals surface area contributed by atoms with Crippen LogP contribution in [0.15, 0.2) is 60.7 Å². The Bertz CT molecular complexity index is 1490. The van der Waals surface area contributed by atoms with Gasteiger partial charge in [0, 0.05) is 52.9 Å². The molecule has 2 heterocycles. The lowest BCUT2D eigenvalue weighted by Gasteiger charge is -2.31. The maximum atomic E-state index is 14.0. The van der Waals surface area contributed by atoms with E-state index in [1.54, 1.807) is 35.2 Å². The molecular formula is C28H25Cl2N5O5. The smallest absolute Gasteiger partial charge is 0.269 e. The van der Waals surface area contributed by atoms with Crippen molar-refractivity contribution in [3.05, 3.63) is 97.5 Å². The highest BCUT2D eigenvalue weighted by molar-refractivity contribution is 6.35. The summed E-state index contributed by atoms with van der Waals surface area (Å²) in [4.78, 5) is 54.3. The molecule has 0 spiro atoms. The maximum Gasteiger partial charge on any atom is 0.269 e. The minimum atomic E-state index is -0.827. The number of non-ortho nitro benzene ring substituents is 1. The first-order valence-corrected chi connectivity index (χ1v) is 13.5. The maximum absolute atomic E-state index is 14.0. The highest BCUT2D eigenvalue weighted by atomic mass is 35.5. The van der Waals surface area contributed by atoms with Gasteiger partial charge < -0.3 is 15.5 Å². The van der Waals surface area contributed by atoms with Crippen LogP contribution in [-0.2, 0) is 4.79 Å². The Morgan fingerprint density at radius 1 is 0.925 bits per heavy atom. The van der Waals surface area contributed by atoms with Crippen LogP contribution in [0.1, 0.15) is 45.2 Å². The number of benzene rings is 3. The molecule has 5 rings (SSSR count). The van der Waals surface area contributed by atoms with Crippen LogP contribution in [0.4, 0.5) is 17.1 Å². The molecule has 2 N–H and O–H groups in total. The van der Waals surface area contributed by atoms with E-state index in [9.17, 15) is 24.5 Å². The summed E-state index contributed by atoms with van der Waals surface area (Å²) in [6.07, 6.45) is 0.699. The van der Waals surface area contributed by atoms with Crippen molar-refractivity contribution in [2.75, 3.05) is 36.4 Å². The highest BCUT2D eigenvalue weighted by Gasteiger charge is 2.36. The third kappa shape index (κ3) is 5.65. The summed E-state index contributed by atoms with van der Waals surface area (Å²) < 4.78 is 0. The zero-order valence-corrected chi connectivity index (χ0v) is 22.7. The van der Waals surface area contributed by atoms with Crippen molar-refractivity contribution in [3.63, 3.8) is 0 Å². The fourth-order valence-corrected chi connectivity index (χ4v) is 5.52. The summed E-state index contributed by atoms with van der Waals surface area (Å²) in [6, 6.07) is 14.1. The van der Waals surface area contributed by atoms with Crippen LogP contribution in [0.3, 0.4) is 0 Å². The molecule has 1 fully saturated rings. The molecule has 0 aromatic heterocycles. The van der Waals surface area contributed by atoms with Crippen LogP contribution in [0.25, 0.3) is 0 Å². The Hall–Kier alpha value is -3.99. The van der Waals surface area contributed by atoms with Gasteiger partial charge in [0.1, 0.15) is 0 Å². The second kappa shape index (κ2) is 11.6. The van der Waals surface area contributed by atoms with Gasteiger partial charge in [0.15, 0.2) is 0 Å². The van der Waals surface area contributed by atoms with Crippen LogP contribution < -0.4 is 15.5 Å². The molecule has 40 heavy (non-hydrogen) atoms. The van der Waals surface area contributed by atoms with Gasteiger partial charge in [-0.2, -0.15) is 0 Å². The number of hydrogen-bond donors (Lipinski definition) is 2. The summed E-state index contributed by atoms with van der Waals surface area (Å²) in [5.41, 5.74) is 1.56. The molecule has 3 amide bonds. The number of nitro groups is 1. The topological polar surface area (TPSA) is 125 Å². The first-order valence-electron chi connectivity index (χ1n) is 12.7. The number of nitro benzene ring substituents is 1. The van der Waals surface area contributed by atoms with Gasteiger partial charge in [-0.1, -0.05) is 29.3 Å². The van der Waals surface area contributed by atoms with Gasteiger partial charge in [-0.3, -0.25) is 29.4 Å². The summed E-state index contributed by atoms with van der Waals surface area (Å²) in [5, 5.41) is 17.9. The molecule has 0 bridgehead atoms. The van der Waals surface area contributed by atoms with Gasteiger partial charge >= 0.3 is 0 Å². The van der Waals surface area contributed by atoms with Crippen molar-refractivity contribution in [1.82, 2.24) is 10.2 Å². The van der Waals surface area contributed by atoms with E-state index < -0.39 is 16.9 Å². The number of halogens is 2. The van der Waals surface area contributed by atoms with Gasteiger partial charge in [-0.15, -0.1) is 0 Å². The van der Waals surface area contributed by atoms with Crippen molar-refractivity contribution in [1.29, 1.82) is 0 Å². The van der Waals surface area contributed by atoms with Crippen molar-refractivity contribution in [2.24, 2.45) is 0 Å². The monoisotopic (exact) mass is 581 g/mol. The van der Waals surface area contributed by atoms with Crippen molar-refractivity contribution in [2.45, 2.75) is 18.9 Å². The molecule has 206 valence electrons. The molecule has 10 nitrogen and oxygen atoms in total. The lowest BCUT2D eigenvalue weighted by Crippen LogP contribution is -2.36. The number of nitrogens with one attached hydrogen (secondary N) is 2. The van der Waals surface area contributed by atoms with Crippen molar-refractivity contribution in [3.8, 4) is 0 Å². The Labute approximate surface area is 240 Å². The first-order chi connectivity index (χ1) is 19.2.